The van der Waals surface area contributed by atoms with Gasteiger partial charge < -0.3 is 10.2 Å². The molecule has 0 saturated heterocycles. The Morgan fingerprint density at radius 3 is 2.48 bits per heavy atom. The molecule has 1 N–H and O–H groups in total. The summed E-state index contributed by atoms with van der Waals surface area (Å²) >= 11 is 1.69. The third-order valence-electron chi connectivity index (χ3n) is 4.66. The maximum Gasteiger partial charge on any atom is 0.234 e. The number of rotatable bonds is 7. The zero-order valence-electron chi connectivity index (χ0n) is 16.3. The first kappa shape index (κ1) is 19.3. The number of fused-ring (bicyclic) bond motifs is 1. The van der Waals surface area contributed by atoms with Crippen molar-refractivity contribution >= 4 is 33.1 Å². The van der Waals surface area contributed by atoms with Gasteiger partial charge in [0.1, 0.15) is 5.01 Å². The first-order valence-electron chi connectivity index (χ1n) is 9.02. The molecule has 0 aliphatic rings. The molecule has 0 bridgehead atoms. The minimum absolute atomic E-state index is 0.0159. The number of nitrogens with zero attached hydrogens (tertiary/aromatic N) is 3. The number of likely N-dealkylation sites (N-methyl/N-ethyl adjacent to an activating group) is 1. The number of hydrogen-bond acceptors (Lipinski definition) is 5. The van der Waals surface area contributed by atoms with Gasteiger partial charge in [0, 0.05) is 26.3 Å². The van der Waals surface area contributed by atoms with E-state index < -0.39 is 0 Å². The highest BCUT2D eigenvalue weighted by Crippen LogP contribution is 2.28. The molecule has 0 fully saturated rings. The van der Waals surface area contributed by atoms with Crippen LogP contribution < -0.4 is 10.2 Å². The Labute approximate surface area is 164 Å². The van der Waals surface area contributed by atoms with Crippen LogP contribution in [0.3, 0.4) is 0 Å². The predicted octanol–water partition coefficient (Wildman–Crippen LogP) is 3.67. The third-order valence-corrected chi connectivity index (χ3v) is 5.87. The molecule has 1 aromatic heterocycles. The van der Waals surface area contributed by atoms with Gasteiger partial charge in [0.15, 0.2) is 0 Å². The first-order chi connectivity index (χ1) is 12.9. The number of carbonyl (C=O) groups excluding carboxylic acids is 1. The van der Waals surface area contributed by atoms with E-state index in [1.165, 1.54) is 4.70 Å². The topological polar surface area (TPSA) is 48.5 Å². The molecule has 1 amide bonds. The average Bonchev–Trinajstić information content (AvgIpc) is 3.10. The summed E-state index contributed by atoms with van der Waals surface area (Å²) in [5.74, 6) is 0.0159. The number of amides is 1. The van der Waals surface area contributed by atoms with Crippen LogP contribution in [0.4, 0.5) is 5.69 Å². The van der Waals surface area contributed by atoms with E-state index in [9.17, 15) is 4.79 Å². The molecule has 0 aliphatic carbocycles. The fourth-order valence-electron chi connectivity index (χ4n) is 2.79. The maximum atomic E-state index is 12.3. The highest BCUT2D eigenvalue weighted by atomic mass is 32.1. The summed E-state index contributed by atoms with van der Waals surface area (Å²) in [6.07, 6.45) is 0. The Morgan fingerprint density at radius 2 is 1.81 bits per heavy atom. The standard InChI is InChI=1S/C21H26N4OS/c1-15(21-23-18-7-5-6-8-19(18)27-21)25(4)14-20(26)22-13-16-9-11-17(12-10-16)24(2)3/h5-12,15H,13-14H2,1-4H3,(H,22,26)/t15-/m0/s1. The van der Waals surface area contributed by atoms with E-state index in [1.807, 2.05) is 56.4 Å². The monoisotopic (exact) mass is 382 g/mol. The average molecular weight is 383 g/mol. The molecule has 3 aromatic rings. The first-order valence-corrected chi connectivity index (χ1v) is 9.84. The summed E-state index contributed by atoms with van der Waals surface area (Å²) in [5, 5.41) is 4.03. The molecular formula is C21H26N4OS. The second-order valence-electron chi connectivity index (χ2n) is 6.95. The van der Waals surface area contributed by atoms with Crippen LogP contribution in [0.15, 0.2) is 48.5 Å². The molecule has 2 aromatic carbocycles. The van der Waals surface area contributed by atoms with Crippen LogP contribution in [0.5, 0.6) is 0 Å². The van der Waals surface area contributed by atoms with Gasteiger partial charge in [-0.2, -0.15) is 0 Å². The van der Waals surface area contributed by atoms with Crippen LogP contribution in [-0.2, 0) is 11.3 Å². The lowest BCUT2D eigenvalue weighted by Gasteiger charge is -2.22. The van der Waals surface area contributed by atoms with Crippen molar-refractivity contribution in [3.63, 3.8) is 0 Å². The third kappa shape index (κ3) is 4.84. The van der Waals surface area contributed by atoms with Crippen molar-refractivity contribution in [3.8, 4) is 0 Å². The Balaban J connectivity index is 1.53. The normalized spacial score (nSPS) is 12.3. The number of hydrogen-bond donors (Lipinski definition) is 1. The molecule has 5 nitrogen and oxygen atoms in total. The molecule has 0 aliphatic heterocycles. The van der Waals surface area contributed by atoms with Gasteiger partial charge in [0.05, 0.1) is 22.8 Å². The zero-order valence-corrected chi connectivity index (χ0v) is 17.1. The summed E-state index contributed by atoms with van der Waals surface area (Å²) in [6, 6.07) is 16.4. The van der Waals surface area contributed by atoms with E-state index >= 15 is 0 Å². The van der Waals surface area contributed by atoms with Gasteiger partial charge in [-0.1, -0.05) is 24.3 Å². The molecule has 142 valence electrons. The minimum Gasteiger partial charge on any atom is -0.378 e. The molecule has 0 spiro atoms. The van der Waals surface area contributed by atoms with Crippen molar-refractivity contribution in [2.75, 3.05) is 32.6 Å². The number of carbonyl (C=O) groups is 1. The fourth-order valence-corrected chi connectivity index (χ4v) is 3.87. The molecule has 3 rings (SSSR count). The van der Waals surface area contributed by atoms with Crippen molar-refractivity contribution in [1.82, 2.24) is 15.2 Å². The molecule has 1 atom stereocenters. The lowest BCUT2D eigenvalue weighted by molar-refractivity contribution is -0.122. The number of thiazole rings is 1. The van der Waals surface area contributed by atoms with Crippen LogP contribution >= 0.6 is 11.3 Å². The summed E-state index contributed by atoms with van der Waals surface area (Å²) < 4.78 is 1.18. The van der Waals surface area contributed by atoms with Crippen LogP contribution in [0, 0.1) is 0 Å². The SMILES string of the molecule is C[C@@H](c1nc2ccccc2s1)N(C)CC(=O)NCc1ccc(N(C)C)cc1. The van der Waals surface area contributed by atoms with Crippen molar-refractivity contribution in [1.29, 1.82) is 0 Å². The second-order valence-corrected chi connectivity index (χ2v) is 8.01. The van der Waals surface area contributed by atoms with Gasteiger partial charge in [-0.15, -0.1) is 11.3 Å². The van der Waals surface area contributed by atoms with Gasteiger partial charge in [0.2, 0.25) is 5.91 Å². The van der Waals surface area contributed by atoms with Crippen molar-refractivity contribution in [2.24, 2.45) is 0 Å². The van der Waals surface area contributed by atoms with E-state index in [0.717, 1.165) is 21.8 Å². The number of nitrogens with one attached hydrogen (secondary N) is 1. The highest BCUT2D eigenvalue weighted by molar-refractivity contribution is 7.18. The number of aromatic nitrogens is 1. The molecule has 27 heavy (non-hydrogen) atoms. The number of para-hydroxylation sites is 1. The molecule has 0 unspecified atom stereocenters. The van der Waals surface area contributed by atoms with Crippen molar-refractivity contribution in [3.05, 3.63) is 59.1 Å². The van der Waals surface area contributed by atoms with Crippen LogP contribution in [-0.4, -0.2) is 43.5 Å². The van der Waals surface area contributed by atoms with Gasteiger partial charge in [-0.25, -0.2) is 4.98 Å². The van der Waals surface area contributed by atoms with Crippen LogP contribution in [0.25, 0.3) is 10.2 Å². The summed E-state index contributed by atoms with van der Waals surface area (Å²) in [5.41, 5.74) is 3.26. The maximum absolute atomic E-state index is 12.3. The van der Waals surface area contributed by atoms with E-state index in [-0.39, 0.29) is 11.9 Å². The number of benzene rings is 2. The molecule has 0 radical (unpaired) electrons. The van der Waals surface area contributed by atoms with Crippen molar-refractivity contribution < 1.29 is 4.79 Å². The van der Waals surface area contributed by atoms with Gasteiger partial charge in [-0.05, 0) is 43.8 Å². The van der Waals surface area contributed by atoms with Gasteiger partial charge in [0.25, 0.3) is 0 Å². The fraction of sp³-hybridized carbons (Fsp3) is 0.333. The quantitative estimate of drug-likeness (QED) is 0.677. The number of anilines is 1. The summed E-state index contributed by atoms with van der Waals surface area (Å²) in [7, 11) is 5.99. The largest absolute Gasteiger partial charge is 0.378 e. The van der Waals surface area contributed by atoms with Crippen LogP contribution in [0.2, 0.25) is 0 Å². The van der Waals surface area contributed by atoms with Gasteiger partial charge >= 0.3 is 0 Å². The smallest absolute Gasteiger partial charge is 0.234 e. The van der Waals surface area contributed by atoms with Crippen molar-refractivity contribution in [2.45, 2.75) is 19.5 Å². The highest BCUT2D eigenvalue weighted by Gasteiger charge is 2.18. The molecular weight excluding hydrogens is 356 g/mol. The molecule has 1 heterocycles. The van der Waals surface area contributed by atoms with E-state index in [1.54, 1.807) is 11.3 Å². The second kappa shape index (κ2) is 8.50. The Bertz CT molecular complexity index is 871. The Kier molecular flexibility index (Phi) is 6.08. The van der Waals surface area contributed by atoms with E-state index in [4.69, 9.17) is 4.98 Å². The zero-order chi connectivity index (χ0) is 19.4. The lowest BCUT2D eigenvalue weighted by Crippen LogP contribution is -2.36. The van der Waals surface area contributed by atoms with Crippen LogP contribution in [0.1, 0.15) is 23.5 Å². The molecule has 6 heteroatoms. The Morgan fingerprint density at radius 1 is 1.11 bits per heavy atom. The summed E-state index contributed by atoms with van der Waals surface area (Å²) in [6.45, 7) is 2.97. The van der Waals surface area contributed by atoms with Gasteiger partial charge in [-0.3, -0.25) is 9.69 Å². The minimum atomic E-state index is 0.0159. The van der Waals surface area contributed by atoms with E-state index in [2.05, 4.69) is 35.3 Å². The van der Waals surface area contributed by atoms with E-state index in [0.29, 0.717) is 13.1 Å². The molecule has 0 saturated carbocycles. The lowest BCUT2D eigenvalue weighted by atomic mass is 10.2. The summed E-state index contributed by atoms with van der Waals surface area (Å²) in [4.78, 5) is 21.1. The predicted molar refractivity (Wildman–Crippen MR) is 113 cm³/mol. The Hall–Kier alpha value is -2.44.